The van der Waals surface area contributed by atoms with Gasteiger partial charge in [-0.2, -0.15) is 0 Å². The molecule has 0 bridgehead atoms. The van der Waals surface area contributed by atoms with Crippen molar-refractivity contribution in [3.8, 4) is 5.75 Å². The zero-order valence-electron chi connectivity index (χ0n) is 8.83. The molecule has 0 saturated heterocycles. The first-order valence-electron chi connectivity index (χ1n) is 4.95. The molecule has 1 rings (SSSR count). The molecule has 1 aromatic rings. The standard InChI is InChI=1S/C12H16BrNO/c1-3-5-9(2)14-8-10-6-4-7-11(13)12(10)15/h3-4,6-7,9,14-15H,1,5,8H2,2H3. The number of hydrogen-bond donors (Lipinski definition) is 2. The van der Waals surface area contributed by atoms with Crippen molar-refractivity contribution in [2.24, 2.45) is 0 Å². The van der Waals surface area contributed by atoms with Gasteiger partial charge in [-0.25, -0.2) is 0 Å². The number of aromatic hydroxyl groups is 1. The fraction of sp³-hybridized carbons (Fsp3) is 0.333. The van der Waals surface area contributed by atoms with E-state index in [1.54, 1.807) is 0 Å². The number of hydrogen-bond acceptors (Lipinski definition) is 2. The third kappa shape index (κ3) is 3.68. The van der Waals surface area contributed by atoms with E-state index in [1.807, 2.05) is 24.3 Å². The summed E-state index contributed by atoms with van der Waals surface area (Å²) in [6, 6.07) is 6.03. The second-order valence-corrected chi connectivity index (χ2v) is 4.41. The highest BCUT2D eigenvalue weighted by molar-refractivity contribution is 9.10. The van der Waals surface area contributed by atoms with Gasteiger partial charge in [-0.3, -0.25) is 0 Å². The Bertz CT molecular complexity index is 338. The monoisotopic (exact) mass is 269 g/mol. The largest absolute Gasteiger partial charge is 0.506 e. The maximum Gasteiger partial charge on any atom is 0.134 e. The lowest BCUT2D eigenvalue weighted by atomic mass is 10.1. The highest BCUT2D eigenvalue weighted by Crippen LogP contribution is 2.27. The molecule has 1 atom stereocenters. The van der Waals surface area contributed by atoms with Gasteiger partial charge in [0.05, 0.1) is 4.47 Å². The topological polar surface area (TPSA) is 32.3 Å². The van der Waals surface area contributed by atoms with Gasteiger partial charge >= 0.3 is 0 Å². The molecule has 0 aliphatic heterocycles. The highest BCUT2D eigenvalue weighted by Gasteiger charge is 2.05. The van der Waals surface area contributed by atoms with E-state index in [1.165, 1.54) is 0 Å². The van der Waals surface area contributed by atoms with E-state index in [0.29, 0.717) is 18.3 Å². The summed E-state index contributed by atoms with van der Waals surface area (Å²) >= 11 is 3.29. The molecular formula is C12H16BrNO. The number of phenolic OH excluding ortho intramolecular Hbond substituents is 1. The van der Waals surface area contributed by atoms with Crippen molar-refractivity contribution in [2.75, 3.05) is 0 Å². The quantitative estimate of drug-likeness (QED) is 0.805. The van der Waals surface area contributed by atoms with Crippen LogP contribution in [0.15, 0.2) is 35.3 Å². The van der Waals surface area contributed by atoms with E-state index in [4.69, 9.17) is 0 Å². The predicted octanol–water partition coefficient (Wildman–Crippen LogP) is 3.21. The Morgan fingerprint density at radius 1 is 1.60 bits per heavy atom. The molecule has 0 amide bonds. The molecule has 0 radical (unpaired) electrons. The molecule has 0 spiro atoms. The molecule has 0 heterocycles. The van der Waals surface area contributed by atoms with Crippen LogP contribution in [0.5, 0.6) is 5.75 Å². The van der Waals surface area contributed by atoms with E-state index in [-0.39, 0.29) is 0 Å². The van der Waals surface area contributed by atoms with E-state index < -0.39 is 0 Å². The number of halogens is 1. The molecule has 1 unspecified atom stereocenters. The number of para-hydroxylation sites is 1. The molecule has 0 aliphatic carbocycles. The zero-order chi connectivity index (χ0) is 11.3. The van der Waals surface area contributed by atoms with Gasteiger partial charge in [-0.05, 0) is 35.3 Å². The van der Waals surface area contributed by atoms with Gasteiger partial charge in [0.2, 0.25) is 0 Å². The van der Waals surface area contributed by atoms with Crippen LogP contribution in [-0.2, 0) is 6.54 Å². The summed E-state index contributed by atoms with van der Waals surface area (Å²) in [5.41, 5.74) is 0.903. The molecule has 1 aromatic carbocycles. The van der Waals surface area contributed by atoms with Crippen LogP contribution in [0.25, 0.3) is 0 Å². The lowest BCUT2D eigenvalue weighted by molar-refractivity contribution is 0.456. The van der Waals surface area contributed by atoms with Crippen molar-refractivity contribution in [3.63, 3.8) is 0 Å². The first-order chi connectivity index (χ1) is 7.15. The summed E-state index contributed by atoms with van der Waals surface area (Å²) < 4.78 is 0.734. The number of benzene rings is 1. The maximum atomic E-state index is 9.73. The number of rotatable bonds is 5. The summed E-state index contributed by atoms with van der Waals surface area (Å²) in [4.78, 5) is 0. The zero-order valence-corrected chi connectivity index (χ0v) is 10.4. The van der Waals surface area contributed by atoms with Crippen molar-refractivity contribution >= 4 is 15.9 Å². The molecular weight excluding hydrogens is 254 g/mol. The lowest BCUT2D eigenvalue weighted by Crippen LogP contribution is -2.24. The third-order valence-corrected chi connectivity index (χ3v) is 2.87. The first kappa shape index (κ1) is 12.3. The van der Waals surface area contributed by atoms with Gasteiger partial charge in [-0.15, -0.1) is 6.58 Å². The van der Waals surface area contributed by atoms with Crippen LogP contribution in [0, 0.1) is 0 Å². The molecule has 15 heavy (non-hydrogen) atoms. The molecule has 2 N–H and O–H groups in total. The third-order valence-electron chi connectivity index (χ3n) is 2.23. The Morgan fingerprint density at radius 2 is 2.33 bits per heavy atom. The van der Waals surface area contributed by atoms with Crippen molar-refractivity contribution in [3.05, 3.63) is 40.9 Å². The van der Waals surface area contributed by atoms with Gasteiger partial charge < -0.3 is 10.4 Å². The Balaban J connectivity index is 2.57. The highest BCUT2D eigenvalue weighted by atomic mass is 79.9. The van der Waals surface area contributed by atoms with Gasteiger partial charge in [0, 0.05) is 18.2 Å². The summed E-state index contributed by atoms with van der Waals surface area (Å²) in [7, 11) is 0. The van der Waals surface area contributed by atoms with Crippen molar-refractivity contribution in [2.45, 2.75) is 25.9 Å². The van der Waals surface area contributed by atoms with Crippen molar-refractivity contribution in [1.82, 2.24) is 5.32 Å². The fourth-order valence-corrected chi connectivity index (χ4v) is 1.73. The Labute approximate surface area is 99.1 Å². The van der Waals surface area contributed by atoms with Crippen molar-refractivity contribution in [1.29, 1.82) is 0 Å². The number of phenols is 1. The first-order valence-corrected chi connectivity index (χ1v) is 5.75. The molecule has 3 heteroatoms. The van der Waals surface area contributed by atoms with Gasteiger partial charge in [0.1, 0.15) is 5.75 Å². The molecule has 0 aromatic heterocycles. The second kappa shape index (κ2) is 5.93. The molecule has 82 valence electrons. The number of nitrogens with one attached hydrogen (secondary N) is 1. The fourth-order valence-electron chi connectivity index (χ4n) is 1.32. The van der Waals surface area contributed by atoms with E-state index in [0.717, 1.165) is 16.5 Å². The van der Waals surface area contributed by atoms with E-state index in [9.17, 15) is 5.11 Å². The predicted molar refractivity (Wildman–Crippen MR) is 66.9 cm³/mol. The molecule has 0 aliphatic rings. The molecule has 2 nitrogen and oxygen atoms in total. The maximum absolute atomic E-state index is 9.73. The van der Waals surface area contributed by atoms with Crippen LogP contribution in [0.2, 0.25) is 0 Å². The Morgan fingerprint density at radius 3 is 3.00 bits per heavy atom. The van der Waals surface area contributed by atoms with Crippen LogP contribution >= 0.6 is 15.9 Å². The van der Waals surface area contributed by atoms with Gasteiger partial charge in [0.15, 0.2) is 0 Å². The van der Waals surface area contributed by atoms with Crippen LogP contribution in [0.4, 0.5) is 0 Å². The molecule has 0 saturated carbocycles. The smallest absolute Gasteiger partial charge is 0.134 e. The minimum absolute atomic E-state index is 0.316. The summed E-state index contributed by atoms with van der Waals surface area (Å²) in [5, 5.41) is 13.0. The van der Waals surface area contributed by atoms with Crippen LogP contribution < -0.4 is 5.32 Å². The minimum Gasteiger partial charge on any atom is -0.506 e. The Hall–Kier alpha value is -0.800. The van der Waals surface area contributed by atoms with Crippen LogP contribution in [-0.4, -0.2) is 11.1 Å². The average molecular weight is 270 g/mol. The lowest BCUT2D eigenvalue weighted by Gasteiger charge is -2.12. The van der Waals surface area contributed by atoms with Gasteiger partial charge in [0.25, 0.3) is 0 Å². The van der Waals surface area contributed by atoms with Crippen molar-refractivity contribution < 1.29 is 5.11 Å². The van der Waals surface area contributed by atoms with Crippen LogP contribution in [0.1, 0.15) is 18.9 Å². The van der Waals surface area contributed by atoms with E-state index in [2.05, 4.69) is 34.7 Å². The van der Waals surface area contributed by atoms with Gasteiger partial charge in [-0.1, -0.05) is 18.2 Å². The summed E-state index contributed by atoms with van der Waals surface area (Å²) in [6.45, 7) is 6.45. The SMILES string of the molecule is C=CCC(C)NCc1cccc(Br)c1O. The average Bonchev–Trinajstić information content (AvgIpc) is 2.21. The van der Waals surface area contributed by atoms with E-state index >= 15 is 0 Å². The normalized spacial score (nSPS) is 12.4. The molecule has 0 fully saturated rings. The minimum atomic E-state index is 0.316. The summed E-state index contributed by atoms with van der Waals surface area (Å²) in [5.74, 6) is 0.316. The second-order valence-electron chi connectivity index (χ2n) is 3.55. The summed E-state index contributed by atoms with van der Waals surface area (Å²) in [6.07, 6.45) is 2.81. The van der Waals surface area contributed by atoms with Crippen LogP contribution in [0.3, 0.4) is 0 Å². The Kier molecular flexibility index (Phi) is 4.85.